The van der Waals surface area contributed by atoms with Gasteiger partial charge in [0.25, 0.3) is 11.8 Å². The van der Waals surface area contributed by atoms with Crippen LogP contribution in [0.5, 0.6) is 23.0 Å². The molecule has 0 aromatic heterocycles. The van der Waals surface area contributed by atoms with Crippen molar-refractivity contribution in [1.82, 2.24) is 0 Å². The SMILES string of the molecule is C=C1C(=O)N(c2cc(C)c(C)c(OC)c2)[C@H]1c1ccc(C)c(OC(C)=O)c1.CN=O.COc1cc(N2C(=O)[C@](O)(CO)[C@@H]2c2ccc(C)c(OC(C)=O)c2)cc(C)c1C. The second-order valence-corrected chi connectivity index (χ2v) is 14.4. The predicted octanol–water partition coefficient (Wildman–Crippen LogP) is 6.93. The molecule has 2 aliphatic rings. The number of β-lactam (4-membered cyclic amide) rings is 2. The van der Waals surface area contributed by atoms with Gasteiger partial charge in [-0.15, -0.1) is 0 Å². The number of amides is 2. The van der Waals surface area contributed by atoms with Crippen LogP contribution in [0.3, 0.4) is 0 Å². The summed E-state index contributed by atoms with van der Waals surface area (Å²) in [6.07, 6.45) is 0. The van der Waals surface area contributed by atoms with Crippen LogP contribution < -0.4 is 28.7 Å². The van der Waals surface area contributed by atoms with Crippen LogP contribution in [0.15, 0.2) is 78.0 Å². The summed E-state index contributed by atoms with van der Waals surface area (Å²) in [5, 5.41) is 22.9. The van der Waals surface area contributed by atoms with Crippen molar-refractivity contribution in [3.63, 3.8) is 0 Å². The van der Waals surface area contributed by atoms with Gasteiger partial charge >= 0.3 is 11.9 Å². The summed E-state index contributed by atoms with van der Waals surface area (Å²) >= 11 is 0. The van der Waals surface area contributed by atoms with Crippen LogP contribution in [0.4, 0.5) is 11.4 Å². The molecule has 0 unspecified atom stereocenters. The lowest BCUT2D eigenvalue weighted by Crippen LogP contribution is -2.70. The van der Waals surface area contributed by atoms with Crippen molar-refractivity contribution < 1.29 is 48.3 Å². The molecule has 2 saturated heterocycles. The zero-order valence-corrected chi connectivity index (χ0v) is 35.3. The minimum atomic E-state index is -1.96. The smallest absolute Gasteiger partial charge is 0.308 e. The molecule has 0 bridgehead atoms. The largest absolute Gasteiger partial charge is 0.496 e. The highest BCUT2D eigenvalue weighted by Gasteiger charge is 2.61. The van der Waals surface area contributed by atoms with E-state index in [1.54, 1.807) is 56.4 Å². The van der Waals surface area contributed by atoms with E-state index in [4.69, 9.17) is 23.9 Å². The molecule has 0 saturated carbocycles. The number of methoxy groups -OCH3 is 2. The lowest BCUT2D eigenvalue weighted by atomic mass is 9.77. The first-order valence-electron chi connectivity index (χ1n) is 18.6. The van der Waals surface area contributed by atoms with Crippen LogP contribution in [-0.2, 0) is 19.2 Å². The van der Waals surface area contributed by atoms with Gasteiger partial charge in [-0.3, -0.25) is 29.0 Å². The average Bonchev–Trinajstić information content (AvgIpc) is 3.19. The van der Waals surface area contributed by atoms with Gasteiger partial charge in [0.15, 0.2) is 5.60 Å². The number of anilines is 2. The molecule has 2 aliphatic heterocycles. The van der Waals surface area contributed by atoms with E-state index in [1.807, 2.05) is 65.0 Å². The van der Waals surface area contributed by atoms with E-state index in [2.05, 4.69) is 11.8 Å². The van der Waals surface area contributed by atoms with Crippen LogP contribution >= 0.6 is 0 Å². The molecule has 2 fully saturated rings. The molecule has 312 valence electrons. The van der Waals surface area contributed by atoms with Crippen LogP contribution in [0.1, 0.15) is 70.4 Å². The molecule has 14 nitrogen and oxygen atoms in total. The minimum absolute atomic E-state index is 0.125. The summed E-state index contributed by atoms with van der Waals surface area (Å²) in [7, 11) is 4.36. The number of aryl methyl sites for hydroxylation is 4. The quantitative estimate of drug-likeness (QED) is 0.0588. The van der Waals surface area contributed by atoms with Gasteiger partial charge in [-0.1, -0.05) is 36.0 Å². The number of esters is 2. The Balaban J connectivity index is 0.000000245. The molecule has 4 aromatic carbocycles. The van der Waals surface area contributed by atoms with Gasteiger partial charge in [-0.2, -0.15) is 4.91 Å². The third kappa shape index (κ3) is 9.03. The fourth-order valence-corrected chi connectivity index (χ4v) is 6.95. The summed E-state index contributed by atoms with van der Waals surface area (Å²) in [5.74, 6) is 0.605. The normalized spacial score (nSPS) is 17.9. The highest BCUT2D eigenvalue weighted by molar-refractivity contribution is 6.15. The van der Waals surface area contributed by atoms with Gasteiger partial charge in [-0.05, 0) is 110 Å². The second-order valence-electron chi connectivity index (χ2n) is 14.4. The van der Waals surface area contributed by atoms with E-state index >= 15 is 0 Å². The topological polar surface area (TPSA) is 182 Å². The van der Waals surface area contributed by atoms with Crippen molar-refractivity contribution in [1.29, 1.82) is 0 Å². The van der Waals surface area contributed by atoms with Crippen molar-refractivity contribution in [3.8, 4) is 23.0 Å². The molecule has 2 heterocycles. The number of hydrogen-bond donors (Lipinski definition) is 2. The number of carbonyl (C=O) groups is 4. The number of aliphatic hydroxyl groups excluding tert-OH is 1. The molecule has 2 amide bonds. The summed E-state index contributed by atoms with van der Waals surface area (Å²) in [5.41, 5.74) is 6.78. The van der Waals surface area contributed by atoms with Crippen molar-refractivity contribution in [2.75, 3.05) is 37.7 Å². The van der Waals surface area contributed by atoms with Crippen LogP contribution in [0.2, 0.25) is 0 Å². The van der Waals surface area contributed by atoms with Crippen LogP contribution in [0.25, 0.3) is 0 Å². The van der Waals surface area contributed by atoms with Crippen molar-refractivity contribution in [2.24, 2.45) is 5.18 Å². The molecule has 59 heavy (non-hydrogen) atoms. The fraction of sp³-hybridized carbons (Fsp3) is 0.333. The molecule has 2 N–H and O–H groups in total. The van der Waals surface area contributed by atoms with E-state index < -0.39 is 30.1 Å². The number of hydrogen-bond acceptors (Lipinski definition) is 12. The molecular weight excluding hydrogens is 759 g/mol. The molecular formula is C45H51N3O11. The summed E-state index contributed by atoms with van der Waals surface area (Å²) in [6.45, 7) is 17.3. The molecule has 3 atom stereocenters. The molecule has 14 heteroatoms. The number of nitroso groups, excluding NO2 is 1. The minimum Gasteiger partial charge on any atom is -0.496 e. The van der Waals surface area contributed by atoms with E-state index in [0.29, 0.717) is 34.1 Å². The molecule has 0 aliphatic carbocycles. The lowest BCUT2D eigenvalue weighted by molar-refractivity contribution is -0.160. The number of benzene rings is 4. The molecule has 4 aromatic rings. The highest BCUT2D eigenvalue weighted by Crippen LogP contribution is 2.48. The highest BCUT2D eigenvalue weighted by atomic mass is 16.5. The predicted molar refractivity (Wildman–Crippen MR) is 223 cm³/mol. The van der Waals surface area contributed by atoms with Crippen LogP contribution in [-0.4, -0.2) is 67.4 Å². The van der Waals surface area contributed by atoms with Gasteiger partial charge in [0.1, 0.15) is 29.0 Å². The maximum atomic E-state index is 12.8. The maximum absolute atomic E-state index is 12.8. The van der Waals surface area contributed by atoms with E-state index in [1.165, 1.54) is 25.8 Å². The zero-order chi connectivity index (χ0) is 44.1. The summed E-state index contributed by atoms with van der Waals surface area (Å²) in [4.78, 5) is 59.8. The first kappa shape index (κ1) is 45.3. The Morgan fingerprint density at radius 3 is 1.56 bits per heavy atom. The summed E-state index contributed by atoms with van der Waals surface area (Å²) < 4.78 is 21.4. The Morgan fingerprint density at radius 2 is 1.14 bits per heavy atom. The van der Waals surface area contributed by atoms with Crippen LogP contribution in [0, 0.1) is 46.4 Å². The average molecular weight is 810 g/mol. The monoisotopic (exact) mass is 809 g/mol. The third-order valence-electron chi connectivity index (χ3n) is 10.4. The summed E-state index contributed by atoms with van der Waals surface area (Å²) in [6, 6.07) is 16.9. The Labute approximate surface area is 343 Å². The van der Waals surface area contributed by atoms with Crippen molar-refractivity contribution in [3.05, 3.63) is 122 Å². The first-order valence-corrected chi connectivity index (χ1v) is 18.6. The zero-order valence-electron chi connectivity index (χ0n) is 35.3. The Hall–Kier alpha value is -6.38. The number of aliphatic hydroxyl groups is 2. The number of ether oxygens (including phenoxy) is 4. The van der Waals surface area contributed by atoms with Gasteiger partial charge in [0, 0.05) is 42.9 Å². The molecule has 0 spiro atoms. The Morgan fingerprint density at radius 1 is 0.712 bits per heavy atom. The van der Waals surface area contributed by atoms with E-state index in [9.17, 15) is 29.4 Å². The lowest BCUT2D eigenvalue weighted by Gasteiger charge is -2.52. The van der Waals surface area contributed by atoms with Crippen molar-refractivity contribution in [2.45, 2.75) is 73.1 Å². The molecule has 6 rings (SSSR count). The van der Waals surface area contributed by atoms with E-state index in [-0.39, 0.29) is 17.9 Å². The maximum Gasteiger partial charge on any atom is 0.308 e. The number of carbonyl (C=O) groups excluding carboxylic acids is 4. The Bertz CT molecular complexity index is 2320. The van der Waals surface area contributed by atoms with E-state index in [0.717, 1.165) is 50.4 Å². The molecule has 0 radical (unpaired) electrons. The number of nitrogens with zero attached hydrogens (tertiary/aromatic N) is 3. The number of rotatable bonds is 9. The van der Waals surface area contributed by atoms with Gasteiger partial charge in [0.05, 0.1) is 33.9 Å². The van der Waals surface area contributed by atoms with Crippen molar-refractivity contribution >= 4 is 35.1 Å². The Kier molecular flexibility index (Phi) is 14.2. The second kappa shape index (κ2) is 18.5. The fourth-order valence-electron chi connectivity index (χ4n) is 6.95. The third-order valence-corrected chi connectivity index (χ3v) is 10.4. The first-order chi connectivity index (χ1) is 27.8. The van der Waals surface area contributed by atoms with Gasteiger partial charge in [-0.25, -0.2) is 0 Å². The standard InChI is InChI=1S/C22H25NO6.C22H23NO4.CH3NO/c1-12-6-7-16(9-18(12)29-15(4)25)20-22(27,11-24)21(26)23(20)17-8-13(2)14(3)19(10-17)28-5;1-12-7-8-17(10-19(12)27-16(5)24)21-15(4)22(25)23(21)18-9-13(2)14(3)20(11-18)26-6;1-2-3/h6-10,20,24,27H,11H2,1-5H3;7-11,21H,4H2,1-3,5-6H3;1H3/t20-,22-;21-;/m01./s1. The van der Waals surface area contributed by atoms with Gasteiger partial charge < -0.3 is 29.2 Å². The van der Waals surface area contributed by atoms with Gasteiger partial charge in [0.2, 0.25) is 0 Å².